The van der Waals surface area contributed by atoms with Crippen molar-refractivity contribution in [2.45, 2.75) is 13.0 Å². The molecule has 0 aromatic carbocycles. The topological polar surface area (TPSA) is 19.4 Å². The molecule has 0 spiro atoms. The smallest absolute Gasteiger partial charge is 0.0410 e. The normalized spacial score (nSPS) is 18.8. The third kappa shape index (κ3) is 4.50. The molecule has 1 fully saturated rings. The highest BCUT2D eigenvalue weighted by molar-refractivity contribution is 9.10. The van der Waals surface area contributed by atoms with Gasteiger partial charge in [0.25, 0.3) is 0 Å². The third-order valence-corrected chi connectivity index (χ3v) is 3.85. The van der Waals surface area contributed by atoms with Crippen molar-refractivity contribution in [2.24, 2.45) is 0 Å². The first-order chi connectivity index (χ1) is 8.78. The Morgan fingerprint density at radius 2 is 1.94 bits per heavy atom. The number of pyridine rings is 1. The molecule has 3 nitrogen and oxygen atoms in total. The summed E-state index contributed by atoms with van der Waals surface area (Å²) in [6.45, 7) is 6.55. The Labute approximate surface area is 122 Å². The first kappa shape index (κ1) is 14.3. The standard InChI is InChI=1S/C13H19BrClN3/c14-13-8-12(9-16-10-13)11-18-4-1-3-17(5-2-15)6-7-18/h8-10H,1-7,11H2. The van der Waals surface area contributed by atoms with E-state index < -0.39 is 0 Å². The van der Waals surface area contributed by atoms with Crippen LogP contribution in [-0.4, -0.2) is 53.4 Å². The fraction of sp³-hybridized carbons (Fsp3) is 0.615. The lowest BCUT2D eigenvalue weighted by Crippen LogP contribution is -2.31. The number of aromatic nitrogens is 1. The number of hydrogen-bond donors (Lipinski definition) is 0. The maximum Gasteiger partial charge on any atom is 0.0410 e. The zero-order chi connectivity index (χ0) is 12.8. The van der Waals surface area contributed by atoms with Gasteiger partial charge in [0.2, 0.25) is 0 Å². The van der Waals surface area contributed by atoms with Crippen LogP contribution in [0.25, 0.3) is 0 Å². The number of hydrogen-bond acceptors (Lipinski definition) is 3. The molecule has 0 saturated carbocycles. The summed E-state index contributed by atoms with van der Waals surface area (Å²) in [7, 11) is 0. The van der Waals surface area contributed by atoms with Gasteiger partial charge in [-0.25, -0.2) is 0 Å². The number of rotatable bonds is 4. The van der Waals surface area contributed by atoms with Gasteiger partial charge < -0.3 is 4.90 Å². The van der Waals surface area contributed by atoms with Crippen molar-refractivity contribution >= 4 is 27.5 Å². The van der Waals surface area contributed by atoms with Crippen LogP contribution in [-0.2, 0) is 6.54 Å². The summed E-state index contributed by atoms with van der Waals surface area (Å²) in [5.74, 6) is 0.732. The molecule has 1 aliphatic rings. The lowest BCUT2D eigenvalue weighted by atomic mass is 10.2. The highest BCUT2D eigenvalue weighted by atomic mass is 79.9. The van der Waals surface area contributed by atoms with Crippen LogP contribution in [0.15, 0.2) is 22.9 Å². The van der Waals surface area contributed by atoms with Crippen LogP contribution in [0.3, 0.4) is 0 Å². The van der Waals surface area contributed by atoms with E-state index in [9.17, 15) is 0 Å². The average Bonchev–Trinajstić information content (AvgIpc) is 2.56. The van der Waals surface area contributed by atoms with Crippen LogP contribution < -0.4 is 0 Å². The summed E-state index contributed by atoms with van der Waals surface area (Å²) >= 11 is 9.27. The highest BCUT2D eigenvalue weighted by Crippen LogP contribution is 2.13. The summed E-state index contributed by atoms with van der Waals surface area (Å²) in [6, 6.07) is 2.15. The zero-order valence-electron chi connectivity index (χ0n) is 10.5. The lowest BCUT2D eigenvalue weighted by Gasteiger charge is -2.21. The molecule has 0 aliphatic carbocycles. The van der Waals surface area contributed by atoms with Crippen LogP contribution in [0.1, 0.15) is 12.0 Å². The second-order valence-corrected chi connectivity index (χ2v) is 5.97. The van der Waals surface area contributed by atoms with E-state index in [0.29, 0.717) is 0 Å². The van der Waals surface area contributed by atoms with Gasteiger partial charge in [-0.2, -0.15) is 0 Å². The Hall–Kier alpha value is -0.160. The van der Waals surface area contributed by atoms with E-state index in [1.807, 2.05) is 12.4 Å². The van der Waals surface area contributed by atoms with Crippen LogP contribution in [0.4, 0.5) is 0 Å². The van der Waals surface area contributed by atoms with Crippen LogP contribution in [0.2, 0.25) is 0 Å². The fourth-order valence-corrected chi connectivity index (χ4v) is 2.98. The van der Waals surface area contributed by atoms with E-state index in [4.69, 9.17) is 11.6 Å². The number of halogens is 2. The molecule has 0 N–H and O–H groups in total. The summed E-state index contributed by atoms with van der Waals surface area (Å²) in [4.78, 5) is 9.16. The van der Waals surface area contributed by atoms with Crippen LogP contribution >= 0.6 is 27.5 Å². The Kier molecular flexibility index (Phi) is 5.89. The monoisotopic (exact) mass is 331 g/mol. The van der Waals surface area contributed by atoms with E-state index in [1.54, 1.807) is 0 Å². The van der Waals surface area contributed by atoms with Crippen molar-refractivity contribution in [1.29, 1.82) is 0 Å². The second-order valence-electron chi connectivity index (χ2n) is 4.67. The van der Waals surface area contributed by atoms with Crippen molar-refractivity contribution in [3.05, 3.63) is 28.5 Å². The first-order valence-corrected chi connectivity index (χ1v) is 7.71. The maximum atomic E-state index is 5.80. The van der Waals surface area contributed by atoms with Crippen LogP contribution in [0, 0.1) is 0 Å². The molecule has 1 saturated heterocycles. The third-order valence-electron chi connectivity index (χ3n) is 3.25. The molecular weight excluding hydrogens is 314 g/mol. The van der Waals surface area contributed by atoms with Gasteiger partial charge in [-0.15, -0.1) is 11.6 Å². The Morgan fingerprint density at radius 1 is 1.17 bits per heavy atom. The molecule has 0 unspecified atom stereocenters. The molecule has 100 valence electrons. The Morgan fingerprint density at radius 3 is 2.72 bits per heavy atom. The lowest BCUT2D eigenvalue weighted by molar-refractivity contribution is 0.258. The van der Waals surface area contributed by atoms with Crippen molar-refractivity contribution in [2.75, 3.05) is 38.6 Å². The first-order valence-electron chi connectivity index (χ1n) is 6.38. The summed E-state index contributed by atoms with van der Waals surface area (Å²) in [5, 5.41) is 0. The fourth-order valence-electron chi connectivity index (χ4n) is 2.33. The molecule has 0 radical (unpaired) electrons. The summed E-state index contributed by atoms with van der Waals surface area (Å²) in [5.41, 5.74) is 1.27. The quantitative estimate of drug-likeness (QED) is 0.790. The molecule has 2 rings (SSSR count). The average molecular weight is 333 g/mol. The molecule has 1 aromatic rings. The largest absolute Gasteiger partial charge is 0.301 e. The van der Waals surface area contributed by atoms with E-state index in [2.05, 4.69) is 36.8 Å². The minimum Gasteiger partial charge on any atom is -0.301 e. The molecule has 0 bridgehead atoms. The SMILES string of the molecule is ClCCN1CCCN(Cc2cncc(Br)c2)CC1. The summed E-state index contributed by atoms with van der Waals surface area (Å²) < 4.78 is 1.05. The molecule has 0 amide bonds. The minimum atomic E-state index is 0.732. The molecule has 5 heteroatoms. The second kappa shape index (κ2) is 7.43. The predicted octanol–water partition coefficient (Wildman–Crippen LogP) is 2.59. The van der Waals surface area contributed by atoms with Gasteiger partial charge in [-0.05, 0) is 47.1 Å². The van der Waals surface area contributed by atoms with Crippen molar-refractivity contribution in [1.82, 2.24) is 14.8 Å². The molecular formula is C13H19BrClN3. The van der Waals surface area contributed by atoms with E-state index in [1.165, 1.54) is 18.5 Å². The van der Waals surface area contributed by atoms with Crippen molar-refractivity contribution in [3.8, 4) is 0 Å². The Balaban J connectivity index is 1.87. The van der Waals surface area contributed by atoms with Gasteiger partial charge >= 0.3 is 0 Å². The van der Waals surface area contributed by atoms with Gasteiger partial charge in [0.1, 0.15) is 0 Å². The molecule has 0 atom stereocenters. The molecule has 2 heterocycles. The molecule has 18 heavy (non-hydrogen) atoms. The summed E-state index contributed by atoms with van der Waals surface area (Å²) in [6.07, 6.45) is 5.00. The maximum absolute atomic E-state index is 5.80. The zero-order valence-corrected chi connectivity index (χ0v) is 12.8. The van der Waals surface area contributed by atoms with E-state index in [-0.39, 0.29) is 0 Å². The van der Waals surface area contributed by atoms with Crippen molar-refractivity contribution in [3.63, 3.8) is 0 Å². The van der Waals surface area contributed by atoms with Gasteiger partial charge in [0, 0.05) is 48.9 Å². The highest BCUT2D eigenvalue weighted by Gasteiger charge is 2.14. The number of alkyl halides is 1. The minimum absolute atomic E-state index is 0.732. The van der Waals surface area contributed by atoms with E-state index in [0.717, 1.165) is 43.1 Å². The van der Waals surface area contributed by atoms with Gasteiger partial charge in [0.15, 0.2) is 0 Å². The van der Waals surface area contributed by atoms with Gasteiger partial charge in [-0.3, -0.25) is 9.88 Å². The predicted molar refractivity (Wildman–Crippen MR) is 79.0 cm³/mol. The molecule has 1 aromatic heterocycles. The number of nitrogens with zero attached hydrogens (tertiary/aromatic N) is 3. The van der Waals surface area contributed by atoms with E-state index >= 15 is 0 Å². The van der Waals surface area contributed by atoms with Gasteiger partial charge in [0.05, 0.1) is 0 Å². The van der Waals surface area contributed by atoms with Crippen LogP contribution in [0.5, 0.6) is 0 Å². The van der Waals surface area contributed by atoms with Crippen molar-refractivity contribution < 1.29 is 0 Å². The molecule has 1 aliphatic heterocycles. The Bertz CT molecular complexity index is 375. The van der Waals surface area contributed by atoms with Gasteiger partial charge in [-0.1, -0.05) is 0 Å².